The number of aromatic nitrogens is 1. The summed E-state index contributed by atoms with van der Waals surface area (Å²) in [4.78, 5) is 14.6. The molecule has 7 heteroatoms. The van der Waals surface area contributed by atoms with E-state index >= 15 is 0 Å². The van der Waals surface area contributed by atoms with E-state index in [0.29, 0.717) is 23.7 Å². The lowest BCUT2D eigenvalue weighted by Gasteiger charge is -2.01. The molecule has 2 aromatic rings. The van der Waals surface area contributed by atoms with E-state index in [1.807, 2.05) is 0 Å². The highest BCUT2D eigenvalue weighted by Crippen LogP contribution is 2.25. The molecule has 0 aliphatic carbocycles. The fourth-order valence-electron chi connectivity index (χ4n) is 1.33. The minimum atomic E-state index is -0.557. The predicted molar refractivity (Wildman–Crippen MR) is 65.7 cm³/mol. The van der Waals surface area contributed by atoms with Crippen molar-refractivity contribution < 1.29 is 9.18 Å². The zero-order valence-electron chi connectivity index (χ0n) is 8.87. The quantitative estimate of drug-likeness (QED) is 0.724. The van der Waals surface area contributed by atoms with Gasteiger partial charge in [0.05, 0.1) is 10.2 Å². The molecule has 0 radical (unpaired) electrons. The second kappa shape index (κ2) is 4.96. The molecule has 0 fully saturated rings. The number of carbonyl (C=O) groups excluding carboxylic acids is 1. The van der Waals surface area contributed by atoms with Crippen molar-refractivity contribution in [2.75, 3.05) is 18.4 Å². The molecular weight excluding hydrogens is 243 g/mol. The summed E-state index contributed by atoms with van der Waals surface area (Å²) in [7, 11) is 0. The summed E-state index contributed by atoms with van der Waals surface area (Å²) in [6.45, 7) is 0.935. The Balaban J connectivity index is 1.97. The molecule has 0 bridgehead atoms. The highest BCUT2D eigenvalue weighted by Gasteiger charge is 2.04. The average Bonchev–Trinajstić information content (AvgIpc) is 2.66. The Morgan fingerprint density at radius 3 is 3.06 bits per heavy atom. The van der Waals surface area contributed by atoms with Gasteiger partial charge in [0, 0.05) is 19.2 Å². The summed E-state index contributed by atoms with van der Waals surface area (Å²) >= 11 is 1.43. The third-order valence-corrected chi connectivity index (χ3v) is 3.04. The fourth-order valence-corrected chi connectivity index (χ4v) is 2.20. The molecule has 0 spiro atoms. The molecule has 1 aromatic heterocycles. The van der Waals surface area contributed by atoms with Crippen LogP contribution in [0.15, 0.2) is 18.2 Å². The predicted octanol–water partition coefficient (Wildman–Crippen LogP) is 1.52. The van der Waals surface area contributed by atoms with Crippen molar-refractivity contribution in [1.82, 2.24) is 10.3 Å². The van der Waals surface area contributed by atoms with Gasteiger partial charge in [-0.1, -0.05) is 11.3 Å². The number of rotatable bonds is 4. The van der Waals surface area contributed by atoms with Gasteiger partial charge in [-0.25, -0.2) is 14.2 Å². The standard InChI is InChI=1S/C10H11FN4OS/c11-6-1-2-8-7(5-6)15-10(17-8)14-4-3-13-9(12)16/h1-2,5H,3-4H2,(H,14,15)(H3,12,13,16). The Morgan fingerprint density at radius 2 is 2.29 bits per heavy atom. The Kier molecular flexibility index (Phi) is 3.38. The van der Waals surface area contributed by atoms with E-state index in [9.17, 15) is 9.18 Å². The topological polar surface area (TPSA) is 80.0 Å². The number of nitrogens with one attached hydrogen (secondary N) is 2. The van der Waals surface area contributed by atoms with E-state index in [1.54, 1.807) is 6.07 Å². The first-order valence-electron chi connectivity index (χ1n) is 4.98. The SMILES string of the molecule is NC(=O)NCCNc1nc2cc(F)ccc2s1. The first-order valence-corrected chi connectivity index (χ1v) is 5.80. The lowest BCUT2D eigenvalue weighted by molar-refractivity contribution is 0.249. The van der Waals surface area contributed by atoms with Crippen LogP contribution in [0.25, 0.3) is 10.2 Å². The molecule has 1 heterocycles. The normalized spacial score (nSPS) is 10.4. The van der Waals surface area contributed by atoms with Crippen LogP contribution < -0.4 is 16.4 Å². The van der Waals surface area contributed by atoms with Gasteiger partial charge in [0.1, 0.15) is 5.82 Å². The molecule has 2 amide bonds. The van der Waals surface area contributed by atoms with Crippen LogP contribution in [0, 0.1) is 5.82 Å². The van der Waals surface area contributed by atoms with Crippen molar-refractivity contribution in [3.05, 3.63) is 24.0 Å². The van der Waals surface area contributed by atoms with Crippen LogP contribution >= 0.6 is 11.3 Å². The van der Waals surface area contributed by atoms with Gasteiger partial charge in [-0.2, -0.15) is 0 Å². The van der Waals surface area contributed by atoms with Crippen LogP contribution in [-0.2, 0) is 0 Å². The number of thiazole rings is 1. The summed E-state index contributed by atoms with van der Waals surface area (Å²) in [6.07, 6.45) is 0. The molecule has 0 aliphatic rings. The van der Waals surface area contributed by atoms with E-state index in [1.165, 1.54) is 23.5 Å². The fraction of sp³-hybridized carbons (Fsp3) is 0.200. The van der Waals surface area contributed by atoms with Crippen molar-refractivity contribution in [1.29, 1.82) is 0 Å². The van der Waals surface area contributed by atoms with Crippen molar-refractivity contribution in [3.8, 4) is 0 Å². The number of hydrogen-bond donors (Lipinski definition) is 3. The monoisotopic (exact) mass is 254 g/mol. The van der Waals surface area contributed by atoms with Gasteiger partial charge < -0.3 is 16.4 Å². The molecule has 2 rings (SSSR count). The highest BCUT2D eigenvalue weighted by atomic mass is 32.1. The highest BCUT2D eigenvalue weighted by molar-refractivity contribution is 7.22. The number of amides is 2. The van der Waals surface area contributed by atoms with Crippen LogP contribution in [0.4, 0.5) is 14.3 Å². The Hall–Kier alpha value is -1.89. The van der Waals surface area contributed by atoms with E-state index in [4.69, 9.17) is 5.73 Å². The van der Waals surface area contributed by atoms with Crippen molar-refractivity contribution in [3.63, 3.8) is 0 Å². The van der Waals surface area contributed by atoms with Crippen molar-refractivity contribution in [2.45, 2.75) is 0 Å². The van der Waals surface area contributed by atoms with Gasteiger partial charge >= 0.3 is 6.03 Å². The number of carbonyl (C=O) groups is 1. The van der Waals surface area contributed by atoms with Gasteiger partial charge in [-0.05, 0) is 12.1 Å². The lowest BCUT2D eigenvalue weighted by atomic mass is 10.3. The number of urea groups is 1. The molecule has 5 nitrogen and oxygen atoms in total. The number of hydrogen-bond acceptors (Lipinski definition) is 4. The van der Waals surface area contributed by atoms with Crippen molar-refractivity contribution >= 4 is 32.7 Å². The minimum Gasteiger partial charge on any atom is -0.360 e. The molecule has 0 atom stereocenters. The summed E-state index contributed by atoms with van der Waals surface area (Å²) in [6, 6.07) is 3.92. The van der Waals surface area contributed by atoms with Gasteiger partial charge in [0.25, 0.3) is 0 Å². The van der Waals surface area contributed by atoms with E-state index in [2.05, 4.69) is 15.6 Å². The van der Waals surface area contributed by atoms with E-state index in [0.717, 1.165) is 4.70 Å². The third kappa shape index (κ3) is 3.04. The Labute approximate surface area is 101 Å². The second-order valence-corrected chi connectivity index (χ2v) is 4.38. The van der Waals surface area contributed by atoms with Crippen LogP contribution in [0.5, 0.6) is 0 Å². The second-order valence-electron chi connectivity index (χ2n) is 3.35. The Morgan fingerprint density at radius 1 is 1.47 bits per heavy atom. The molecule has 0 aliphatic heterocycles. The Bertz CT molecular complexity index is 542. The van der Waals surface area contributed by atoms with Gasteiger partial charge in [-0.15, -0.1) is 0 Å². The molecule has 17 heavy (non-hydrogen) atoms. The molecular formula is C10H11FN4OS. The zero-order valence-corrected chi connectivity index (χ0v) is 9.68. The van der Waals surface area contributed by atoms with Crippen LogP contribution in [0.3, 0.4) is 0 Å². The molecule has 0 unspecified atom stereocenters. The third-order valence-electron chi connectivity index (χ3n) is 2.05. The number of nitrogens with zero attached hydrogens (tertiary/aromatic N) is 1. The maximum Gasteiger partial charge on any atom is 0.312 e. The maximum absolute atomic E-state index is 12.9. The number of primary amides is 1. The molecule has 4 N–H and O–H groups in total. The molecule has 0 saturated carbocycles. The average molecular weight is 254 g/mol. The molecule has 1 aromatic carbocycles. The van der Waals surface area contributed by atoms with Gasteiger partial charge in [0.15, 0.2) is 5.13 Å². The van der Waals surface area contributed by atoms with Crippen LogP contribution in [0.2, 0.25) is 0 Å². The number of fused-ring (bicyclic) bond motifs is 1. The smallest absolute Gasteiger partial charge is 0.312 e. The summed E-state index contributed by atoms with van der Waals surface area (Å²) in [5, 5.41) is 6.17. The van der Waals surface area contributed by atoms with Crippen molar-refractivity contribution in [2.24, 2.45) is 5.73 Å². The largest absolute Gasteiger partial charge is 0.360 e. The summed E-state index contributed by atoms with van der Waals surface area (Å²) in [5.74, 6) is -0.301. The lowest BCUT2D eigenvalue weighted by Crippen LogP contribution is -2.33. The number of benzene rings is 1. The first kappa shape index (κ1) is 11.6. The number of nitrogens with two attached hydrogens (primary N) is 1. The zero-order chi connectivity index (χ0) is 12.3. The number of halogens is 1. The van der Waals surface area contributed by atoms with Crippen LogP contribution in [-0.4, -0.2) is 24.1 Å². The molecule has 90 valence electrons. The summed E-state index contributed by atoms with van der Waals surface area (Å²) in [5.41, 5.74) is 5.54. The van der Waals surface area contributed by atoms with Crippen LogP contribution in [0.1, 0.15) is 0 Å². The molecule has 0 saturated heterocycles. The minimum absolute atomic E-state index is 0.301. The maximum atomic E-state index is 12.9. The summed E-state index contributed by atoms with van der Waals surface area (Å²) < 4.78 is 13.8. The van der Waals surface area contributed by atoms with Gasteiger partial charge in [0.2, 0.25) is 0 Å². The van der Waals surface area contributed by atoms with E-state index < -0.39 is 6.03 Å². The van der Waals surface area contributed by atoms with E-state index in [-0.39, 0.29) is 5.82 Å². The number of anilines is 1. The first-order chi connectivity index (χ1) is 8.15. The van der Waals surface area contributed by atoms with Gasteiger partial charge in [-0.3, -0.25) is 0 Å².